The fourth-order valence-corrected chi connectivity index (χ4v) is 1.04. The number of aliphatic hydroxyl groups is 1. The molecule has 6 heteroatoms. The highest BCUT2D eigenvalue weighted by Gasteiger charge is 2.06. The van der Waals surface area contributed by atoms with Crippen molar-refractivity contribution in [3.8, 4) is 0 Å². The molecule has 2 N–H and O–H groups in total. The first-order chi connectivity index (χ1) is 6.15. The van der Waals surface area contributed by atoms with Gasteiger partial charge in [0.25, 0.3) is 5.24 Å². The van der Waals surface area contributed by atoms with Crippen LogP contribution >= 0.6 is 23.2 Å². The molecule has 0 radical (unpaired) electrons. The Morgan fingerprint density at radius 1 is 1.69 bits per heavy atom. The maximum absolute atomic E-state index is 10.7. The van der Waals surface area contributed by atoms with Crippen molar-refractivity contribution in [2.45, 2.75) is 0 Å². The number of rotatable bonds is 3. The molecule has 0 saturated heterocycles. The number of hydrogen-bond acceptors (Lipinski definition) is 4. The first-order valence-electron chi connectivity index (χ1n) is 3.35. The average molecular weight is 221 g/mol. The van der Waals surface area contributed by atoms with Crippen molar-refractivity contribution >= 4 is 34.1 Å². The van der Waals surface area contributed by atoms with Gasteiger partial charge in [-0.25, -0.2) is 4.98 Å². The van der Waals surface area contributed by atoms with Crippen molar-refractivity contribution in [3.05, 3.63) is 23.0 Å². The van der Waals surface area contributed by atoms with Crippen LogP contribution in [-0.4, -0.2) is 22.1 Å². The second-order valence-electron chi connectivity index (χ2n) is 2.17. The summed E-state index contributed by atoms with van der Waals surface area (Å²) in [6, 6.07) is 1.42. The van der Waals surface area contributed by atoms with E-state index in [1.54, 1.807) is 0 Å². The van der Waals surface area contributed by atoms with Crippen LogP contribution in [0.4, 0.5) is 5.69 Å². The van der Waals surface area contributed by atoms with Crippen molar-refractivity contribution in [1.82, 2.24) is 4.98 Å². The summed E-state index contributed by atoms with van der Waals surface area (Å²) >= 11 is 10.9. The molecule has 13 heavy (non-hydrogen) atoms. The Hall–Kier alpha value is -0.840. The first-order valence-corrected chi connectivity index (χ1v) is 4.11. The lowest BCUT2D eigenvalue weighted by Crippen LogP contribution is -2.02. The minimum absolute atomic E-state index is 0.177. The van der Waals surface area contributed by atoms with Gasteiger partial charge >= 0.3 is 0 Å². The van der Waals surface area contributed by atoms with Crippen molar-refractivity contribution in [1.29, 1.82) is 0 Å². The Bertz CT molecular complexity index is 330. The normalized spacial score (nSPS) is 9.77. The number of pyridine rings is 1. The maximum Gasteiger partial charge on any atom is 0.254 e. The molecule has 70 valence electrons. The van der Waals surface area contributed by atoms with Crippen LogP contribution in [0.15, 0.2) is 12.3 Å². The zero-order valence-electron chi connectivity index (χ0n) is 6.42. The molecule has 4 nitrogen and oxygen atoms in total. The topological polar surface area (TPSA) is 62.2 Å². The van der Waals surface area contributed by atoms with Gasteiger partial charge in [-0.1, -0.05) is 11.6 Å². The molecule has 0 spiro atoms. The summed E-state index contributed by atoms with van der Waals surface area (Å²) in [5.41, 5.74) is 0.595. The van der Waals surface area contributed by atoms with E-state index in [9.17, 15) is 4.79 Å². The summed E-state index contributed by atoms with van der Waals surface area (Å²) in [6.07, 6.45) is 1.26. The predicted molar refractivity (Wildman–Crippen MR) is 50.1 cm³/mol. The largest absolute Gasteiger partial charge is 0.377 e. The van der Waals surface area contributed by atoms with E-state index in [4.69, 9.17) is 28.3 Å². The zero-order valence-corrected chi connectivity index (χ0v) is 7.93. The number of anilines is 1. The molecule has 0 fully saturated rings. The molecule has 1 aromatic rings. The number of nitrogens with one attached hydrogen (secondary N) is 1. The van der Waals surface area contributed by atoms with Gasteiger partial charge in [0.2, 0.25) is 0 Å². The number of nitrogens with zero attached hydrogens (tertiary/aromatic N) is 1. The van der Waals surface area contributed by atoms with Gasteiger partial charge in [0.15, 0.2) is 5.15 Å². The molecule has 1 rings (SSSR count). The van der Waals surface area contributed by atoms with E-state index < -0.39 is 5.24 Å². The van der Waals surface area contributed by atoms with E-state index in [1.165, 1.54) is 12.3 Å². The minimum Gasteiger partial charge on any atom is -0.377 e. The molecule has 0 bridgehead atoms. The fraction of sp³-hybridized carbons (Fsp3) is 0.143. The summed E-state index contributed by atoms with van der Waals surface area (Å²) < 4.78 is 0. The van der Waals surface area contributed by atoms with Gasteiger partial charge in [-0.2, -0.15) is 0 Å². The smallest absolute Gasteiger partial charge is 0.254 e. The quantitative estimate of drug-likeness (QED) is 0.461. The van der Waals surface area contributed by atoms with Crippen LogP contribution in [-0.2, 0) is 0 Å². The highest BCUT2D eigenvalue weighted by atomic mass is 35.5. The third kappa shape index (κ3) is 2.55. The van der Waals surface area contributed by atoms with Crippen LogP contribution in [0, 0.1) is 0 Å². The van der Waals surface area contributed by atoms with Crippen molar-refractivity contribution in [2.75, 3.05) is 12.0 Å². The number of hydrogen-bond donors (Lipinski definition) is 2. The van der Waals surface area contributed by atoms with Gasteiger partial charge in [0, 0.05) is 6.20 Å². The lowest BCUT2D eigenvalue weighted by molar-refractivity contribution is 0.108. The molecule has 0 aliphatic carbocycles. The minimum atomic E-state index is -0.620. The third-order valence-corrected chi connectivity index (χ3v) is 1.85. The first kappa shape index (κ1) is 10.2. The third-order valence-electron chi connectivity index (χ3n) is 1.34. The van der Waals surface area contributed by atoms with Crippen LogP contribution in [0.25, 0.3) is 0 Å². The monoisotopic (exact) mass is 220 g/mol. The van der Waals surface area contributed by atoms with Crippen molar-refractivity contribution in [2.24, 2.45) is 0 Å². The van der Waals surface area contributed by atoms with Gasteiger partial charge in [-0.3, -0.25) is 4.79 Å². The summed E-state index contributed by atoms with van der Waals surface area (Å²) in [5, 5.41) is 10.6. The van der Waals surface area contributed by atoms with E-state index in [1.807, 2.05) is 0 Å². The van der Waals surface area contributed by atoms with Crippen LogP contribution < -0.4 is 5.32 Å². The number of aromatic nitrogens is 1. The molecule has 0 aliphatic heterocycles. The van der Waals surface area contributed by atoms with Crippen LogP contribution in [0.5, 0.6) is 0 Å². The van der Waals surface area contributed by atoms with E-state index in [2.05, 4.69) is 10.3 Å². The van der Waals surface area contributed by atoms with E-state index in [0.29, 0.717) is 5.69 Å². The van der Waals surface area contributed by atoms with Gasteiger partial charge in [-0.05, 0) is 17.7 Å². The predicted octanol–water partition coefficient (Wildman–Crippen LogP) is 1.48. The molecule has 0 amide bonds. The highest BCUT2D eigenvalue weighted by molar-refractivity contribution is 6.67. The van der Waals surface area contributed by atoms with Gasteiger partial charge in [0.1, 0.15) is 6.73 Å². The SMILES string of the molecule is O=C(Cl)c1cnc(Cl)c(NCO)c1. The molecular formula is C7H6Cl2N2O2. The second kappa shape index (κ2) is 4.41. The lowest BCUT2D eigenvalue weighted by atomic mass is 10.3. The zero-order chi connectivity index (χ0) is 9.84. The van der Waals surface area contributed by atoms with Gasteiger partial charge in [-0.15, -0.1) is 0 Å². The maximum atomic E-state index is 10.7. The van der Waals surface area contributed by atoms with Crippen LogP contribution in [0.2, 0.25) is 5.15 Å². The van der Waals surface area contributed by atoms with Gasteiger partial charge < -0.3 is 10.4 Å². The Labute approximate surface area is 84.5 Å². The number of aliphatic hydroxyl groups excluding tert-OH is 1. The Kier molecular flexibility index (Phi) is 3.48. The lowest BCUT2D eigenvalue weighted by Gasteiger charge is -2.04. The molecule has 0 saturated carbocycles. The van der Waals surface area contributed by atoms with Crippen LogP contribution in [0.1, 0.15) is 10.4 Å². The summed E-state index contributed by atoms with van der Waals surface area (Å²) in [6.45, 7) is -0.290. The molecule has 0 unspecified atom stereocenters. The Morgan fingerprint density at radius 3 is 2.92 bits per heavy atom. The molecule has 0 aliphatic rings. The molecule has 0 aromatic carbocycles. The fourth-order valence-electron chi connectivity index (χ4n) is 0.765. The highest BCUT2D eigenvalue weighted by Crippen LogP contribution is 2.20. The standard InChI is InChI=1S/C7H6Cl2N2O2/c8-6-5(11-3-12)1-4(2-10-6)7(9)13/h1-2,11-12H,3H2. The number of halogens is 2. The Balaban J connectivity index is 3.03. The van der Waals surface area contributed by atoms with E-state index >= 15 is 0 Å². The van der Waals surface area contributed by atoms with Crippen molar-refractivity contribution in [3.63, 3.8) is 0 Å². The molecule has 1 heterocycles. The van der Waals surface area contributed by atoms with E-state index in [-0.39, 0.29) is 17.4 Å². The summed E-state index contributed by atoms with van der Waals surface area (Å²) in [5.74, 6) is 0. The van der Waals surface area contributed by atoms with Crippen LogP contribution in [0.3, 0.4) is 0 Å². The van der Waals surface area contributed by atoms with Gasteiger partial charge in [0.05, 0.1) is 11.3 Å². The molecular weight excluding hydrogens is 215 g/mol. The number of carbonyl (C=O) groups is 1. The molecule has 1 aromatic heterocycles. The van der Waals surface area contributed by atoms with Crippen molar-refractivity contribution < 1.29 is 9.90 Å². The van der Waals surface area contributed by atoms with E-state index in [0.717, 1.165) is 0 Å². The average Bonchev–Trinajstić information content (AvgIpc) is 2.08. The second-order valence-corrected chi connectivity index (χ2v) is 2.87. The summed E-state index contributed by atoms with van der Waals surface area (Å²) in [4.78, 5) is 14.4. The number of carbonyl (C=O) groups excluding carboxylic acids is 1. The molecule has 0 atom stereocenters. The summed E-state index contributed by atoms with van der Waals surface area (Å²) in [7, 11) is 0. The Morgan fingerprint density at radius 2 is 2.38 bits per heavy atom.